The molecule has 0 bridgehead atoms. The Morgan fingerprint density at radius 3 is 2.67 bits per heavy atom. The SMILES string of the molecule is c1ccc2c(c1)SB1c3cccnc3Sc3cccc-2c31. The summed E-state index contributed by atoms with van der Waals surface area (Å²) < 4.78 is 0. The zero-order valence-corrected chi connectivity index (χ0v) is 12.7. The minimum Gasteiger partial charge on any atom is -0.250 e. The van der Waals surface area contributed by atoms with Gasteiger partial charge in [0.15, 0.2) is 0 Å². The van der Waals surface area contributed by atoms with Crippen molar-refractivity contribution in [3.05, 3.63) is 60.8 Å². The van der Waals surface area contributed by atoms with E-state index in [2.05, 4.69) is 53.5 Å². The number of nitrogens with zero attached hydrogens (tertiary/aromatic N) is 1. The first kappa shape index (κ1) is 12.0. The predicted molar refractivity (Wildman–Crippen MR) is 91.1 cm³/mol. The van der Waals surface area contributed by atoms with Crippen LogP contribution in [0.25, 0.3) is 11.1 Å². The molecule has 1 nitrogen and oxygen atoms in total. The van der Waals surface area contributed by atoms with Crippen LogP contribution in [0.1, 0.15) is 0 Å². The number of aromatic nitrogens is 1. The minimum absolute atomic E-state index is 0.371. The number of rotatable bonds is 0. The van der Waals surface area contributed by atoms with Gasteiger partial charge in [-0.05, 0) is 40.3 Å². The lowest BCUT2D eigenvalue weighted by Gasteiger charge is -2.31. The van der Waals surface area contributed by atoms with E-state index < -0.39 is 0 Å². The van der Waals surface area contributed by atoms with Crippen molar-refractivity contribution >= 4 is 40.3 Å². The third kappa shape index (κ3) is 1.66. The Bertz CT molecular complexity index is 878. The zero-order valence-electron chi connectivity index (χ0n) is 11.1. The molecular weight excluding hydrogens is 293 g/mol. The molecule has 0 spiro atoms. The van der Waals surface area contributed by atoms with E-state index in [1.54, 1.807) is 11.8 Å². The molecule has 0 atom stereocenters. The maximum Gasteiger partial charge on any atom is 0.285 e. The van der Waals surface area contributed by atoms with Crippen molar-refractivity contribution in [1.82, 2.24) is 4.98 Å². The van der Waals surface area contributed by atoms with Crippen LogP contribution in [0.3, 0.4) is 0 Å². The van der Waals surface area contributed by atoms with Crippen LogP contribution in [0.15, 0.2) is 75.6 Å². The summed E-state index contributed by atoms with van der Waals surface area (Å²) in [6, 6.07) is 19.6. The summed E-state index contributed by atoms with van der Waals surface area (Å²) >= 11 is 3.75. The van der Waals surface area contributed by atoms with E-state index in [0.717, 1.165) is 5.03 Å². The maximum absolute atomic E-state index is 4.58. The highest BCUT2D eigenvalue weighted by atomic mass is 32.2. The summed E-state index contributed by atoms with van der Waals surface area (Å²) in [6.07, 6.45) is 1.89. The molecule has 0 aliphatic carbocycles. The Morgan fingerprint density at radius 1 is 0.810 bits per heavy atom. The number of fused-ring (bicyclic) bond motifs is 4. The fourth-order valence-electron chi connectivity index (χ4n) is 3.13. The summed E-state index contributed by atoms with van der Waals surface area (Å²) in [5.41, 5.74) is 5.56. The Labute approximate surface area is 132 Å². The van der Waals surface area contributed by atoms with E-state index in [1.807, 2.05) is 23.9 Å². The van der Waals surface area contributed by atoms with E-state index in [-0.39, 0.29) is 0 Å². The Balaban J connectivity index is 1.85. The van der Waals surface area contributed by atoms with Gasteiger partial charge >= 0.3 is 0 Å². The van der Waals surface area contributed by atoms with Gasteiger partial charge in [0.25, 0.3) is 5.99 Å². The summed E-state index contributed by atoms with van der Waals surface area (Å²) in [6.45, 7) is 0. The van der Waals surface area contributed by atoms with E-state index in [4.69, 9.17) is 0 Å². The molecule has 0 unspecified atom stereocenters. The zero-order chi connectivity index (χ0) is 13.8. The molecule has 4 heteroatoms. The smallest absolute Gasteiger partial charge is 0.250 e. The second-order valence-corrected chi connectivity index (χ2v) is 7.39. The molecule has 3 heterocycles. The lowest BCUT2D eigenvalue weighted by atomic mass is 9.59. The Kier molecular flexibility index (Phi) is 2.52. The van der Waals surface area contributed by atoms with E-state index in [0.29, 0.717) is 5.99 Å². The van der Waals surface area contributed by atoms with Crippen LogP contribution in [0.2, 0.25) is 0 Å². The van der Waals surface area contributed by atoms with E-state index in [9.17, 15) is 0 Å². The molecule has 0 radical (unpaired) electrons. The van der Waals surface area contributed by atoms with Crippen LogP contribution in [0.4, 0.5) is 0 Å². The fourth-order valence-corrected chi connectivity index (χ4v) is 5.79. The van der Waals surface area contributed by atoms with Gasteiger partial charge in [0.05, 0.1) is 5.03 Å². The van der Waals surface area contributed by atoms with Gasteiger partial charge in [-0.2, -0.15) is 11.6 Å². The van der Waals surface area contributed by atoms with Crippen LogP contribution in [-0.4, -0.2) is 11.0 Å². The summed E-state index contributed by atoms with van der Waals surface area (Å²) in [5.74, 6) is 0.371. The fraction of sp³-hybridized carbons (Fsp3) is 0. The van der Waals surface area contributed by atoms with Crippen molar-refractivity contribution in [2.45, 2.75) is 14.8 Å². The van der Waals surface area contributed by atoms with Gasteiger partial charge in [0.2, 0.25) is 0 Å². The maximum atomic E-state index is 4.58. The first-order chi connectivity index (χ1) is 10.4. The van der Waals surface area contributed by atoms with Crippen molar-refractivity contribution < 1.29 is 0 Å². The quantitative estimate of drug-likeness (QED) is 0.591. The molecule has 0 fully saturated rings. The highest BCUT2D eigenvalue weighted by Crippen LogP contribution is 2.42. The molecule has 2 aliphatic heterocycles. The van der Waals surface area contributed by atoms with Crippen molar-refractivity contribution in [3.8, 4) is 11.1 Å². The third-order valence-electron chi connectivity index (χ3n) is 4.04. The van der Waals surface area contributed by atoms with Gasteiger partial charge in [-0.3, -0.25) is 4.98 Å². The largest absolute Gasteiger partial charge is 0.285 e. The van der Waals surface area contributed by atoms with Crippen LogP contribution < -0.4 is 10.9 Å². The van der Waals surface area contributed by atoms with Gasteiger partial charge in [-0.15, -0.1) is 0 Å². The van der Waals surface area contributed by atoms with Gasteiger partial charge in [-0.25, -0.2) is 0 Å². The molecule has 2 aromatic carbocycles. The van der Waals surface area contributed by atoms with Gasteiger partial charge in [0, 0.05) is 16.0 Å². The molecule has 98 valence electrons. The van der Waals surface area contributed by atoms with Crippen LogP contribution in [0.5, 0.6) is 0 Å². The lowest BCUT2D eigenvalue weighted by molar-refractivity contribution is 1.15. The molecule has 0 N–H and O–H groups in total. The van der Waals surface area contributed by atoms with E-state index in [1.165, 1.54) is 31.8 Å². The monoisotopic (exact) mass is 303 g/mol. The van der Waals surface area contributed by atoms with E-state index >= 15 is 0 Å². The highest BCUT2D eigenvalue weighted by Gasteiger charge is 2.37. The van der Waals surface area contributed by atoms with Gasteiger partial charge in [0.1, 0.15) is 0 Å². The third-order valence-corrected chi connectivity index (χ3v) is 6.49. The van der Waals surface area contributed by atoms with Gasteiger partial charge < -0.3 is 0 Å². The first-order valence-corrected chi connectivity index (χ1v) is 8.63. The standard InChI is InChI=1S/C17H10BNS2/c1-2-8-14-11(5-1)12-6-3-9-15-16(12)18(21-14)13-7-4-10-19-17(13)20-15/h1-10H. The first-order valence-electron chi connectivity index (χ1n) is 6.93. The van der Waals surface area contributed by atoms with Crippen LogP contribution in [-0.2, 0) is 0 Å². The lowest BCUT2D eigenvalue weighted by Crippen LogP contribution is -2.47. The molecule has 21 heavy (non-hydrogen) atoms. The second kappa shape index (κ2) is 4.42. The molecule has 2 aliphatic rings. The van der Waals surface area contributed by atoms with Crippen molar-refractivity contribution in [2.24, 2.45) is 0 Å². The van der Waals surface area contributed by atoms with Gasteiger partial charge in [-0.1, -0.05) is 48.2 Å². The number of benzene rings is 2. The molecule has 0 saturated heterocycles. The normalized spacial score (nSPS) is 14.2. The van der Waals surface area contributed by atoms with Crippen molar-refractivity contribution in [1.29, 1.82) is 0 Å². The molecule has 3 aromatic rings. The predicted octanol–water partition coefficient (Wildman–Crippen LogP) is 3.42. The molecular formula is C17H10BNS2. The Morgan fingerprint density at radius 2 is 1.67 bits per heavy atom. The number of pyridine rings is 1. The molecule has 0 saturated carbocycles. The highest BCUT2D eigenvalue weighted by molar-refractivity contribution is 8.28. The molecule has 1 aromatic heterocycles. The van der Waals surface area contributed by atoms with Crippen molar-refractivity contribution in [3.63, 3.8) is 0 Å². The number of hydrogen-bond donors (Lipinski definition) is 0. The average Bonchev–Trinajstić information content (AvgIpc) is 2.55. The second-order valence-electron chi connectivity index (χ2n) is 5.21. The number of hydrogen-bond acceptors (Lipinski definition) is 3. The van der Waals surface area contributed by atoms with Crippen LogP contribution in [0, 0.1) is 0 Å². The topological polar surface area (TPSA) is 12.9 Å². The summed E-state index contributed by atoms with van der Waals surface area (Å²) in [4.78, 5) is 7.30. The van der Waals surface area contributed by atoms with Crippen molar-refractivity contribution in [2.75, 3.05) is 0 Å². The summed E-state index contributed by atoms with van der Waals surface area (Å²) in [7, 11) is 0. The molecule has 0 amide bonds. The summed E-state index contributed by atoms with van der Waals surface area (Å²) in [5, 5.41) is 1.15. The molecule has 5 rings (SSSR count). The van der Waals surface area contributed by atoms with Crippen LogP contribution >= 0.6 is 23.4 Å². The minimum atomic E-state index is 0.371. The Hall–Kier alpha value is -1.65. The average molecular weight is 303 g/mol.